The molecular formula is C17H16N4O2. The van der Waals surface area contributed by atoms with Gasteiger partial charge in [-0.05, 0) is 29.8 Å². The van der Waals surface area contributed by atoms with Crippen molar-refractivity contribution in [3.05, 3.63) is 59.9 Å². The van der Waals surface area contributed by atoms with Crippen LogP contribution < -0.4 is 5.43 Å². The number of benzene rings is 2. The quantitative estimate of drug-likeness (QED) is 0.573. The highest BCUT2D eigenvalue weighted by molar-refractivity contribution is 6.02. The van der Waals surface area contributed by atoms with Gasteiger partial charge in [0.2, 0.25) is 0 Å². The van der Waals surface area contributed by atoms with Crippen molar-refractivity contribution in [3.63, 3.8) is 0 Å². The van der Waals surface area contributed by atoms with E-state index >= 15 is 0 Å². The first-order chi connectivity index (χ1) is 11.1. The van der Waals surface area contributed by atoms with Crippen molar-refractivity contribution in [1.82, 2.24) is 15.2 Å². The Hall–Kier alpha value is -3.15. The molecule has 0 spiro atoms. The summed E-state index contributed by atoms with van der Waals surface area (Å²) in [6, 6.07) is 12.9. The normalized spacial score (nSPS) is 11.2. The molecule has 0 saturated heterocycles. The van der Waals surface area contributed by atoms with Gasteiger partial charge in [-0.1, -0.05) is 30.3 Å². The van der Waals surface area contributed by atoms with E-state index in [4.69, 9.17) is 0 Å². The smallest absolute Gasteiger partial charge is 0.261 e. The van der Waals surface area contributed by atoms with E-state index in [1.54, 1.807) is 12.3 Å². The van der Waals surface area contributed by atoms with E-state index in [1.165, 1.54) is 10.9 Å². The zero-order valence-electron chi connectivity index (χ0n) is 12.6. The van der Waals surface area contributed by atoms with E-state index < -0.39 is 0 Å². The number of carbonyl (C=O) groups is 1. The van der Waals surface area contributed by atoms with Crippen molar-refractivity contribution in [3.8, 4) is 5.75 Å². The number of nitrogens with one attached hydrogen (secondary N) is 1. The molecule has 0 radical (unpaired) electrons. The monoisotopic (exact) mass is 308 g/mol. The lowest BCUT2D eigenvalue weighted by molar-refractivity contribution is -0.121. The maximum Gasteiger partial charge on any atom is 0.261 e. The van der Waals surface area contributed by atoms with E-state index in [2.05, 4.69) is 15.6 Å². The number of aromatic nitrogens is 2. The van der Waals surface area contributed by atoms with Gasteiger partial charge in [0.15, 0.2) is 0 Å². The lowest BCUT2D eigenvalue weighted by atomic mass is 10.0. The molecule has 0 aliphatic carbocycles. The summed E-state index contributed by atoms with van der Waals surface area (Å²) in [5.41, 5.74) is 3.86. The average molecular weight is 308 g/mol. The van der Waals surface area contributed by atoms with Crippen LogP contribution in [-0.4, -0.2) is 27.0 Å². The Bertz CT molecular complexity index is 883. The predicted molar refractivity (Wildman–Crippen MR) is 88.3 cm³/mol. The minimum Gasteiger partial charge on any atom is -0.507 e. The van der Waals surface area contributed by atoms with Crippen molar-refractivity contribution in [2.24, 2.45) is 5.10 Å². The Balaban J connectivity index is 1.73. The first-order valence-electron chi connectivity index (χ1n) is 7.16. The van der Waals surface area contributed by atoms with Crippen molar-refractivity contribution in [2.75, 3.05) is 0 Å². The summed E-state index contributed by atoms with van der Waals surface area (Å²) in [5.74, 6) is -0.173. The highest BCUT2D eigenvalue weighted by atomic mass is 16.3. The number of carbonyl (C=O) groups excluding carboxylic acids is 1. The largest absolute Gasteiger partial charge is 0.507 e. The van der Waals surface area contributed by atoms with E-state index in [-0.39, 0.29) is 18.2 Å². The van der Waals surface area contributed by atoms with Crippen molar-refractivity contribution < 1.29 is 9.90 Å². The van der Waals surface area contributed by atoms with Crippen LogP contribution in [0.2, 0.25) is 0 Å². The number of nitrogens with zero attached hydrogens (tertiary/aromatic N) is 3. The molecule has 1 aromatic heterocycles. The topological polar surface area (TPSA) is 79.5 Å². The zero-order valence-corrected chi connectivity index (χ0v) is 12.6. The van der Waals surface area contributed by atoms with Gasteiger partial charge in [-0.3, -0.25) is 9.48 Å². The molecule has 0 unspecified atom stereocenters. The molecule has 0 atom stereocenters. The summed E-state index contributed by atoms with van der Waals surface area (Å²) >= 11 is 0. The van der Waals surface area contributed by atoms with Crippen LogP contribution in [0.1, 0.15) is 11.3 Å². The summed E-state index contributed by atoms with van der Waals surface area (Å²) in [6.45, 7) is 1.95. The predicted octanol–water partition coefficient (Wildman–Crippen LogP) is 2.20. The maximum absolute atomic E-state index is 11.8. The first-order valence-corrected chi connectivity index (χ1v) is 7.16. The van der Waals surface area contributed by atoms with E-state index in [0.29, 0.717) is 5.56 Å². The van der Waals surface area contributed by atoms with Crippen LogP contribution in [0, 0.1) is 6.92 Å². The van der Waals surface area contributed by atoms with Gasteiger partial charge in [-0.15, -0.1) is 0 Å². The Morgan fingerprint density at radius 1 is 1.30 bits per heavy atom. The second-order valence-corrected chi connectivity index (χ2v) is 5.17. The number of amides is 1. The van der Waals surface area contributed by atoms with Gasteiger partial charge in [0.1, 0.15) is 12.3 Å². The lowest BCUT2D eigenvalue weighted by Crippen LogP contribution is -2.23. The number of aryl methyl sites for hydroxylation is 1. The molecule has 2 aromatic carbocycles. The molecule has 0 fully saturated rings. The number of aromatic hydroxyl groups is 1. The molecule has 0 aliphatic heterocycles. The molecule has 0 aliphatic rings. The first kappa shape index (κ1) is 14.8. The lowest BCUT2D eigenvalue weighted by Gasteiger charge is -2.05. The summed E-state index contributed by atoms with van der Waals surface area (Å²) in [4.78, 5) is 11.8. The van der Waals surface area contributed by atoms with Gasteiger partial charge >= 0.3 is 0 Å². The van der Waals surface area contributed by atoms with Crippen LogP contribution >= 0.6 is 0 Å². The molecule has 3 rings (SSSR count). The number of rotatable bonds is 4. The van der Waals surface area contributed by atoms with Crippen molar-refractivity contribution in [1.29, 1.82) is 0 Å². The molecule has 23 heavy (non-hydrogen) atoms. The van der Waals surface area contributed by atoms with Gasteiger partial charge in [0, 0.05) is 11.8 Å². The number of phenolic OH excluding ortho intramolecular Hbond substituents is 1. The summed E-state index contributed by atoms with van der Waals surface area (Å²) < 4.78 is 1.54. The maximum atomic E-state index is 11.8. The molecule has 0 bridgehead atoms. The zero-order chi connectivity index (χ0) is 16.2. The fourth-order valence-electron chi connectivity index (χ4n) is 2.32. The van der Waals surface area contributed by atoms with E-state index in [9.17, 15) is 9.90 Å². The Morgan fingerprint density at radius 2 is 2.13 bits per heavy atom. The number of phenols is 1. The fourth-order valence-corrected chi connectivity index (χ4v) is 2.32. The molecule has 2 N–H and O–H groups in total. The van der Waals surface area contributed by atoms with Gasteiger partial charge in [-0.25, -0.2) is 5.43 Å². The van der Waals surface area contributed by atoms with Gasteiger partial charge < -0.3 is 5.11 Å². The third-order valence-corrected chi connectivity index (χ3v) is 3.41. The third-order valence-electron chi connectivity index (χ3n) is 3.41. The van der Waals surface area contributed by atoms with E-state index in [0.717, 1.165) is 16.5 Å². The molecule has 116 valence electrons. The number of hydrogen-bond acceptors (Lipinski definition) is 4. The Labute approximate surface area is 133 Å². The summed E-state index contributed by atoms with van der Waals surface area (Å²) in [5, 5.41) is 19.9. The van der Waals surface area contributed by atoms with Crippen LogP contribution in [0.15, 0.2) is 53.8 Å². The van der Waals surface area contributed by atoms with E-state index in [1.807, 2.05) is 43.3 Å². The molecule has 1 heterocycles. The van der Waals surface area contributed by atoms with Crippen LogP contribution in [0.4, 0.5) is 0 Å². The Kier molecular flexibility index (Phi) is 4.05. The molecule has 6 nitrogen and oxygen atoms in total. The van der Waals surface area contributed by atoms with Crippen LogP contribution in [0.25, 0.3) is 10.8 Å². The molecular weight excluding hydrogens is 292 g/mol. The fraction of sp³-hybridized carbons (Fsp3) is 0.118. The van der Waals surface area contributed by atoms with Gasteiger partial charge in [-0.2, -0.15) is 10.2 Å². The third kappa shape index (κ3) is 3.37. The van der Waals surface area contributed by atoms with Crippen LogP contribution in [0.5, 0.6) is 5.75 Å². The highest BCUT2D eigenvalue weighted by Crippen LogP contribution is 2.25. The molecule has 0 saturated carbocycles. The average Bonchev–Trinajstić information content (AvgIpc) is 2.94. The second-order valence-electron chi connectivity index (χ2n) is 5.17. The van der Waals surface area contributed by atoms with Crippen molar-refractivity contribution in [2.45, 2.75) is 13.5 Å². The number of fused-ring (bicyclic) bond motifs is 1. The van der Waals surface area contributed by atoms with Gasteiger partial charge in [0.05, 0.1) is 11.9 Å². The van der Waals surface area contributed by atoms with Gasteiger partial charge in [0.25, 0.3) is 5.91 Å². The number of hydrazone groups is 1. The highest BCUT2D eigenvalue weighted by Gasteiger charge is 2.05. The summed E-state index contributed by atoms with van der Waals surface area (Å²) in [6.07, 6.45) is 3.18. The number of hydrogen-bond donors (Lipinski definition) is 2. The molecule has 1 amide bonds. The van der Waals surface area contributed by atoms with Crippen LogP contribution in [-0.2, 0) is 11.3 Å². The minimum absolute atomic E-state index is 0.0900. The molecule has 3 aromatic rings. The minimum atomic E-state index is -0.288. The SMILES string of the molecule is Cc1ccn(CC(=O)NN=Cc2c(O)ccc3ccccc23)n1. The van der Waals surface area contributed by atoms with Crippen LogP contribution in [0.3, 0.4) is 0 Å². The standard InChI is InChI=1S/C17H16N4O2/c1-12-8-9-21(20-12)11-17(23)19-18-10-15-14-5-3-2-4-13(14)6-7-16(15)22/h2-10,22H,11H2,1H3,(H,19,23). The van der Waals surface area contributed by atoms with Crippen molar-refractivity contribution >= 4 is 22.9 Å². The summed E-state index contributed by atoms with van der Waals surface area (Å²) in [7, 11) is 0. The molecule has 6 heteroatoms. The second kappa shape index (κ2) is 6.31. The Morgan fingerprint density at radius 3 is 2.91 bits per heavy atom.